The SMILES string of the molecule is CC[C@@H](O)c1ccc(C(=O)OC)cc1. The molecule has 0 aliphatic heterocycles. The van der Waals surface area contributed by atoms with Crippen molar-refractivity contribution >= 4 is 5.97 Å². The Hall–Kier alpha value is -1.35. The fourth-order valence-electron chi connectivity index (χ4n) is 1.19. The summed E-state index contributed by atoms with van der Waals surface area (Å²) < 4.78 is 4.56. The number of hydrogen-bond donors (Lipinski definition) is 1. The predicted molar refractivity (Wildman–Crippen MR) is 53.0 cm³/mol. The van der Waals surface area contributed by atoms with Gasteiger partial charge in [-0.1, -0.05) is 19.1 Å². The normalized spacial score (nSPS) is 12.2. The maximum atomic E-state index is 11.1. The molecule has 1 rings (SSSR count). The standard InChI is InChI=1S/C11H14O3/c1-3-10(12)8-4-6-9(7-5-8)11(13)14-2/h4-7,10,12H,3H2,1-2H3/t10-/m1/s1. The number of carbonyl (C=O) groups is 1. The minimum absolute atomic E-state index is 0.359. The highest BCUT2D eigenvalue weighted by Gasteiger charge is 2.07. The molecule has 1 aromatic carbocycles. The molecule has 0 aromatic heterocycles. The second kappa shape index (κ2) is 4.77. The van der Waals surface area contributed by atoms with Gasteiger partial charge in [-0.3, -0.25) is 0 Å². The van der Waals surface area contributed by atoms with E-state index in [4.69, 9.17) is 0 Å². The number of aliphatic hydroxyl groups excluding tert-OH is 1. The van der Waals surface area contributed by atoms with Crippen LogP contribution in [0.3, 0.4) is 0 Å². The zero-order valence-electron chi connectivity index (χ0n) is 8.36. The second-order valence-electron chi connectivity index (χ2n) is 3.04. The molecule has 1 atom stereocenters. The van der Waals surface area contributed by atoms with Gasteiger partial charge in [-0.05, 0) is 24.1 Å². The molecule has 0 fully saturated rings. The zero-order valence-corrected chi connectivity index (χ0v) is 8.36. The van der Waals surface area contributed by atoms with Crippen molar-refractivity contribution in [2.24, 2.45) is 0 Å². The first kappa shape index (κ1) is 10.7. The summed E-state index contributed by atoms with van der Waals surface area (Å²) in [7, 11) is 1.34. The molecular weight excluding hydrogens is 180 g/mol. The quantitative estimate of drug-likeness (QED) is 0.748. The van der Waals surface area contributed by atoms with Crippen molar-refractivity contribution in [2.45, 2.75) is 19.4 Å². The molecule has 14 heavy (non-hydrogen) atoms. The smallest absolute Gasteiger partial charge is 0.337 e. The van der Waals surface area contributed by atoms with E-state index in [2.05, 4.69) is 4.74 Å². The Labute approximate surface area is 83.3 Å². The summed E-state index contributed by atoms with van der Waals surface area (Å²) in [6.45, 7) is 1.90. The van der Waals surface area contributed by atoms with Crippen LogP contribution in [0.5, 0.6) is 0 Å². The Morgan fingerprint density at radius 2 is 2.00 bits per heavy atom. The van der Waals surface area contributed by atoms with Crippen molar-refractivity contribution in [1.82, 2.24) is 0 Å². The number of carbonyl (C=O) groups excluding carboxylic acids is 1. The summed E-state index contributed by atoms with van der Waals surface area (Å²) in [4.78, 5) is 11.1. The molecule has 0 heterocycles. The highest BCUT2D eigenvalue weighted by Crippen LogP contribution is 2.16. The molecule has 76 valence electrons. The third kappa shape index (κ3) is 2.33. The molecule has 0 saturated carbocycles. The van der Waals surface area contributed by atoms with Crippen LogP contribution in [0.4, 0.5) is 0 Å². The Balaban J connectivity index is 2.83. The van der Waals surface area contributed by atoms with Gasteiger partial charge in [0.2, 0.25) is 0 Å². The Kier molecular flexibility index (Phi) is 3.65. The predicted octanol–water partition coefficient (Wildman–Crippen LogP) is 1.92. The molecule has 1 aromatic rings. The topological polar surface area (TPSA) is 46.5 Å². The lowest BCUT2D eigenvalue weighted by molar-refractivity contribution is 0.0600. The first-order chi connectivity index (χ1) is 6.69. The van der Waals surface area contributed by atoms with Gasteiger partial charge in [0.15, 0.2) is 0 Å². The summed E-state index contributed by atoms with van der Waals surface area (Å²) in [5, 5.41) is 9.50. The lowest BCUT2D eigenvalue weighted by Gasteiger charge is -2.07. The number of ether oxygens (including phenoxy) is 1. The van der Waals surface area contributed by atoms with Crippen LogP contribution < -0.4 is 0 Å². The van der Waals surface area contributed by atoms with E-state index in [-0.39, 0.29) is 5.97 Å². The monoisotopic (exact) mass is 194 g/mol. The summed E-state index contributed by atoms with van der Waals surface area (Å²) >= 11 is 0. The van der Waals surface area contributed by atoms with Gasteiger partial charge in [-0.25, -0.2) is 4.79 Å². The van der Waals surface area contributed by atoms with E-state index in [1.165, 1.54) is 7.11 Å². The summed E-state index contributed by atoms with van der Waals surface area (Å²) in [5.41, 5.74) is 1.32. The van der Waals surface area contributed by atoms with Crippen LogP contribution in [0.2, 0.25) is 0 Å². The van der Waals surface area contributed by atoms with E-state index in [9.17, 15) is 9.90 Å². The molecule has 0 spiro atoms. The minimum atomic E-state index is -0.457. The van der Waals surface area contributed by atoms with Crippen LogP contribution >= 0.6 is 0 Å². The van der Waals surface area contributed by atoms with E-state index in [1.807, 2.05) is 6.92 Å². The first-order valence-electron chi connectivity index (χ1n) is 4.55. The molecule has 0 bridgehead atoms. The van der Waals surface area contributed by atoms with Gasteiger partial charge in [-0.2, -0.15) is 0 Å². The van der Waals surface area contributed by atoms with E-state index >= 15 is 0 Å². The molecule has 0 radical (unpaired) electrons. The van der Waals surface area contributed by atoms with Crippen molar-refractivity contribution in [2.75, 3.05) is 7.11 Å². The van der Waals surface area contributed by atoms with Crippen molar-refractivity contribution in [1.29, 1.82) is 0 Å². The summed E-state index contributed by atoms with van der Waals surface area (Å²) in [5.74, 6) is -0.359. The molecule has 0 saturated heterocycles. The van der Waals surface area contributed by atoms with Crippen molar-refractivity contribution in [3.63, 3.8) is 0 Å². The highest BCUT2D eigenvalue weighted by molar-refractivity contribution is 5.89. The van der Waals surface area contributed by atoms with Crippen molar-refractivity contribution in [3.8, 4) is 0 Å². The summed E-state index contributed by atoms with van der Waals surface area (Å²) in [6, 6.07) is 6.78. The number of rotatable bonds is 3. The second-order valence-corrected chi connectivity index (χ2v) is 3.04. The molecule has 0 aliphatic carbocycles. The van der Waals surface area contributed by atoms with Gasteiger partial charge < -0.3 is 9.84 Å². The fraction of sp³-hybridized carbons (Fsp3) is 0.364. The van der Waals surface area contributed by atoms with Crippen LogP contribution in [-0.2, 0) is 4.74 Å². The summed E-state index contributed by atoms with van der Waals surface area (Å²) in [6.07, 6.45) is 0.207. The molecular formula is C11H14O3. The lowest BCUT2D eigenvalue weighted by atomic mass is 10.1. The molecule has 0 amide bonds. The zero-order chi connectivity index (χ0) is 10.6. The molecule has 3 nitrogen and oxygen atoms in total. The van der Waals surface area contributed by atoms with Crippen molar-refractivity contribution in [3.05, 3.63) is 35.4 Å². The highest BCUT2D eigenvalue weighted by atomic mass is 16.5. The van der Waals surface area contributed by atoms with E-state index in [0.717, 1.165) is 5.56 Å². The van der Waals surface area contributed by atoms with Crippen LogP contribution in [0, 0.1) is 0 Å². The Morgan fingerprint density at radius 3 is 2.43 bits per heavy atom. The maximum absolute atomic E-state index is 11.1. The maximum Gasteiger partial charge on any atom is 0.337 e. The fourth-order valence-corrected chi connectivity index (χ4v) is 1.19. The van der Waals surface area contributed by atoms with E-state index < -0.39 is 6.10 Å². The Bertz CT molecular complexity index is 303. The largest absolute Gasteiger partial charge is 0.465 e. The van der Waals surface area contributed by atoms with Gasteiger partial charge >= 0.3 is 5.97 Å². The third-order valence-corrected chi connectivity index (χ3v) is 2.10. The van der Waals surface area contributed by atoms with E-state index in [1.54, 1.807) is 24.3 Å². The minimum Gasteiger partial charge on any atom is -0.465 e. The van der Waals surface area contributed by atoms with Crippen LogP contribution in [-0.4, -0.2) is 18.2 Å². The number of methoxy groups -OCH3 is 1. The van der Waals surface area contributed by atoms with Gasteiger partial charge in [0.25, 0.3) is 0 Å². The number of benzene rings is 1. The van der Waals surface area contributed by atoms with E-state index in [0.29, 0.717) is 12.0 Å². The number of esters is 1. The van der Waals surface area contributed by atoms with Crippen LogP contribution in [0.1, 0.15) is 35.4 Å². The first-order valence-corrected chi connectivity index (χ1v) is 4.55. The molecule has 0 unspecified atom stereocenters. The molecule has 3 heteroatoms. The van der Waals surface area contributed by atoms with Crippen LogP contribution in [0.25, 0.3) is 0 Å². The van der Waals surface area contributed by atoms with Gasteiger partial charge in [0, 0.05) is 0 Å². The lowest BCUT2D eigenvalue weighted by Crippen LogP contribution is -2.02. The van der Waals surface area contributed by atoms with Crippen molar-refractivity contribution < 1.29 is 14.6 Å². The third-order valence-electron chi connectivity index (χ3n) is 2.10. The molecule has 1 N–H and O–H groups in total. The van der Waals surface area contributed by atoms with Gasteiger partial charge in [0.1, 0.15) is 0 Å². The number of aliphatic hydroxyl groups is 1. The van der Waals surface area contributed by atoms with Gasteiger partial charge in [-0.15, -0.1) is 0 Å². The van der Waals surface area contributed by atoms with Gasteiger partial charge in [0.05, 0.1) is 18.8 Å². The van der Waals surface area contributed by atoms with Crippen LogP contribution in [0.15, 0.2) is 24.3 Å². The average molecular weight is 194 g/mol. The number of hydrogen-bond acceptors (Lipinski definition) is 3. The molecule has 0 aliphatic rings. The Morgan fingerprint density at radius 1 is 1.43 bits per heavy atom. The average Bonchev–Trinajstić information content (AvgIpc) is 2.27.